The van der Waals surface area contributed by atoms with Gasteiger partial charge in [0.2, 0.25) is 5.95 Å². The number of anilines is 1. The first-order valence-corrected chi connectivity index (χ1v) is 10.8. The van der Waals surface area contributed by atoms with Gasteiger partial charge in [-0.1, -0.05) is 0 Å². The van der Waals surface area contributed by atoms with Crippen molar-refractivity contribution in [2.75, 3.05) is 31.1 Å². The number of fused-ring (bicyclic) bond motifs is 1. The zero-order valence-corrected chi connectivity index (χ0v) is 18.4. The Bertz CT molecular complexity index is 1070. The predicted molar refractivity (Wildman–Crippen MR) is 119 cm³/mol. The number of pyridine rings is 1. The van der Waals surface area contributed by atoms with E-state index in [9.17, 15) is 4.79 Å². The summed E-state index contributed by atoms with van der Waals surface area (Å²) in [6, 6.07) is 2.05. The number of nitrogens with zero attached hydrogens (tertiary/aromatic N) is 6. The molecule has 0 atom stereocenters. The van der Waals surface area contributed by atoms with Gasteiger partial charge in [0.05, 0.1) is 17.1 Å². The number of H-pyrrole nitrogens is 1. The summed E-state index contributed by atoms with van der Waals surface area (Å²) in [5.41, 5.74) is 4.14. The van der Waals surface area contributed by atoms with Crippen molar-refractivity contribution < 1.29 is 0 Å². The highest BCUT2D eigenvalue weighted by Gasteiger charge is 2.23. The van der Waals surface area contributed by atoms with Crippen molar-refractivity contribution >= 4 is 16.9 Å². The Morgan fingerprint density at radius 3 is 2.57 bits per heavy atom. The van der Waals surface area contributed by atoms with Crippen LogP contribution in [-0.4, -0.2) is 55.8 Å². The lowest BCUT2D eigenvalue weighted by atomic mass is 9.92. The number of likely N-dealkylation sites (tertiary alicyclic amines) is 1. The fourth-order valence-electron chi connectivity index (χ4n) is 4.27. The Kier molecular flexibility index (Phi) is 5.85. The normalized spacial score (nSPS) is 15.7. The van der Waals surface area contributed by atoms with Gasteiger partial charge in [0.1, 0.15) is 0 Å². The number of aryl methyl sites for hydroxylation is 1. The Hall–Kier alpha value is -2.74. The van der Waals surface area contributed by atoms with Gasteiger partial charge in [-0.2, -0.15) is 5.10 Å². The molecule has 1 aliphatic heterocycles. The molecule has 0 unspecified atom stereocenters. The minimum Gasteiger partial charge on any atom is -0.341 e. The highest BCUT2D eigenvalue weighted by atomic mass is 16.1. The van der Waals surface area contributed by atoms with Crippen molar-refractivity contribution in [2.24, 2.45) is 7.05 Å². The van der Waals surface area contributed by atoms with E-state index in [0.29, 0.717) is 17.3 Å². The molecule has 1 saturated heterocycles. The molecule has 3 aromatic rings. The van der Waals surface area contributed by atoms with Crippen LogP contribution in [0.5, 0.6) is 0 Å². The maximum absolute atomic E-state index is 12.6. The maximum Gasteiger partial charge on any atom is 0.259 e. The molecule has 30 heavy (non-hydrogen) atoms. The summed E-state index contributed by atoms with van der Waals surface area (Å²) in [4.78, 5) is 29.4. The van der Waals surface area contributed by atoms with Crippen LogP contribution in [0.15, 0.2) is 23.3 Å². The number of aromatic nitrogens is 5. The second-order valence-electron chi connectivity index (χ2n) is 8.12. The number of aromatic amines is 1. The van der Waals surface area contributed by atoms with Gasteiger partial charge in [0.25, 0.3) is 5.56 Å². The number of piperidine rings is 1. The van der Waals surface area contributed by atoms with Crippen LogP contribution in [0.4, 0.5) is 5.95 Å². The Balaban J connectivity index is 1.50. The van der Waals surface area contributed by atoms with E-state index in [-0.39, 0.29) is 5.56 Å². The van der Waals surface area contributed by atoms with Crippen LogP contribution < -0.4 is 10.5 Å². The number of nitrogens with one attached hydrogen (secondary N) is 1. The van der Waals surface area contributed by atoms with E-state index in [2.05, 4.69) is 51.7 Å². The van der Waals surface area contributed by atoms with E-state index < -0.39 is 0 Å². The molecule has 0 amide bonds. The molecule has 4 heterocycles. The SMILES string of the molecule is CCN(CC)c1ncc2c(=O)[nH]c(C3CCN(Cc4cnn(C)c4C)CC3)cc2n1. The smallest absolute Gasteiger partial charge is 0.259 e. The van der Waals surface area contributed by atoms with Crippen LogP contribution in [0.2, 0.25) is 0 Å². The molecule has 8 nitrogen and oxygen atoms in total. The van der Waals surface area contributed by atoms with Gasteiger partial charge in [-0.05, 0) is 52.8 Å². The summed E-state index contributed by atoms with van der Waals surface area (Å²) in [5, 5.41) is 4.90. The lowest BCUT2D eigenvalue weighted by Gasteiger charge is -2.31. The van der Waals surface area contributed by atoms with Gasteiger partial charge in [0, 0.05) is 55.7 Å². The summed E-state index contributed by atoms with van der Waals surface area (Å²) in [6.45, 7) is 10.9. The van der Waals surface area contributed by atoms with Gasteiger partial charge >= 0.3 is 0 Å². The summed E-state index contributed by atoms with van der Waals surface area (Å²) >= 11 is 0. The van der Waals surface area contributed by atoms with Crippen molar-refractivity contribution in [3.8, 4) is 0 Å². The summed E-state index contributed by atoms with van der Waals surface area (Å²) in [5.74, 6) is 1.03. The average Bonchev–Trinajstić information content (AvgIpc) is 3.07. The standard InChI is InChI=1S/C22H31N7O/c1-5-29(6-2)22-23-13-18-20(26-22)11-19(25-21(18)30)16-7-9-28(10-8-16)14-17-12-24-27(4)15(17)3/h11-13,16H,5-10,14H2,1-4H3,(H,25,30). The van der Waals surface area contributed by atoms with E-state index in [1.807, 2.05) is 17.9 Å². The van der Waals surface area contributed by atoms with Crippen LogP contribution in [0.3, 0.4) is 0 Å². The highest BCUT2D eigenvalue weighted by molar-refractivity contribution is 5.78. The highest BCUT2D eigenvalue weighted by Crippen LogP contribution is 2.28. The molecule has 0 bridgehead atoms. The zero-order valence-electron chi connectivity index (χ0n) is 18.4. The molecule has 0 aromatic carbocycles. The van der Waals surface area contributed by atoms with E-state index in [4.69, 9.17) is 4.98 Å². The molecule has 0 aliphatic carbocycles. The topological polar surface area (TPSA) is 82.9 Å². The van der Waals surface area contributed by atoms with Crippen molar-refractivity contribution in [3.05, 3.63) is 45.8 Å². The second kappa shape index (κ2) is 8.55. The number of hydrogen-bond donors (Lipinski definition) is 1. The minimum absolute atomic E-state index is 0.0954. The fourth-order valence-corrected chi connectivity index (χ4v) is 4.27. The molecule has 0 radical (unpaired) electrons. The molecule has 1 aliphatic rings. The molecule has 160 valence electrons. The second-order valence-corrected chi connectivity index (χ2v) is 8.12. The van der Waals surface area contributed by atoms with Crippen molar-refractivity contribution in [1.82, 2.24) is 29.6 Å². The first kappa shape index (κ1) is 20.5. The lowest BCUT2D eigenvalue weighted by molar-refractivity contribution is 0.203. The van der Waals surface area contributed by atoms with Gasteiger partial charge in [-0.3, -0.25) is 14.4 Å². The number of rotatable bonds is 6. The molecule has 3 aromatic heterocycles. The van der Waals surface area contributed by atoms with E-state index in [0.717, 1.165) is 56.8 Å². The lowest BCUT2D eigenvalue weighted by Crippen LogP contribution is -2.33. The third kappa shape index (κ3) is 3.96. The van der Waals surface area contributed by atoms with Crippen LogP contribution >= 0.6 is 0 Å². The Labute approximate surface area is 176 Å². The van der Waals surface area contributed by atoms with Crippen molar-refractivity contribution in [3.63, 3.8) is 0 Å². The fraction of sp³-hybridized carbons (Fsp3) is 0.545. The molecule has 4 rings (SSSR count). The van der Waals surface area contributed by atoms with Crippen LogP contribution in [-0.2, 0) is 13.6 Å². The molecular weight excluding hydrogens is 378 g/mol. The summed E-state index contributed by atoms with van der Waals surface area (Å²) < 4.78 is 1.93. The summed E-state index contributed by atoms with van der Waals surface area (Å²) in [6.07, 6.45) is 5.66. The van der Waals surface area contributed by atoms with Crippen molar-refractivity contribution in [1.29, 1.82) is 0 Å². The quantitative estimate of drug-likeness (QED) is 0.674. The zero-order chi connectivity index (χ0) is 21.3. The average molecular weight is 410 g/mol. The monoisotopic (exact) mass is 409 g/mol. The molecule has 1 fully saturated rings. The van der Waals surface area contributed by atoms with Crippen LogP contribution in [0, 0.1) is 6.92 Å². The number of hydrogen-bond acceptors (Lipinski definition) is 6. The molecule has 8 heteroatoms. The van der Waals surface area contributed by atoms with Gasteiger partial charge in [0.15, 0.2) is 0 Å². The third-order valence-electron chi connectivity index (χ3n) is 6.40. The van der Waals surface area contributed by atoms with Gasteiger partial charge in [-0.25, -0.2) is 9.97 Å². The van der Waals surface area contributed by atoms with Gasteiger partial charge in [-0.15, -0.1) is 0 Å². The van der Waals surface area contributed by atoms with E-state index in [1.165, 1.54) is 11.3 Å². The Morgan fingerprint density at radius 2 is 1.93 bits per heavy atom. The summed E-state index contributed by atoms with van der Waals surface area (Å²) in [7, 11) is 1.98. The molecule has 1 N–H and O–H groups in total. The molecule has 0 saturated carbocycles. The van der Waals surface area contributed by atoms with Crippen molar-refractivity contribution in [2.45, 2.75) is 46.1 Å². The van der Waals surface area contributed by atoms with Crippen LogP contribution in [0.1, 0.15) is 49.6 Å². The molecule has 0 spiro atoms. The van der Waals surface area contributed by atoms with E-state index >= 15 is 0 Å². The largest absolute Gasteiger partial charge is 0.341 e. The minimum atomic E-state index is -0.0954. The van der Waals surface area contributed by atoms with Gasteiger partial charge < -0.3 is 9.88 Å². The first-order valence-electron chi connectivity index (χ1n) is 10.8. The van der Waals surface area contributed by atoms with E-state index in [1.54, 1.807) is 6.20 Å². The van der Waals surface area contributed by atoms with Crippen LogP contribution in [0.25, 0.3) is 10.9 Å². The molecular formula is C22H31N7O. The predicted octanol–water partition coefficient (Wildman–Crippen LogP) is 2.59. The Morgan fingerprint density at radius 1 is 1.20 bits per heavy atom. The maximum atomic E-state index is 12.6. The first-order chi connectivity index (χ1) is 14.5. The third-order valence-corrected chi connectivity index (χ3v) is 6.40.